The Balaban J connectivity index is 2.46. The molecule has 0 aliphatic carbocycles. The van der Waals surface area contributed by atoms with Crippen molar-refractivity contribution in [1.29, 1.82) is 0 Å². The molecule has 6 heteroatoms. The van der Waals surface area contributed by atoms with Crippen LogP contribution in [-0.4, -0.2) is 16.2 Å². The van der Waals surface area contributed by atoms with Crippen LogP contribution in [0.1, 0.15) is 71.4 Å². The minimum Gasteiger partial charge on any atom is -0.507 e. The van der Waals surface area contributed by atoms with Crippen LogP contribution in [0.25, 0.3) is 0 Å². The van der Waals surface area contributed by atoms with Gasteiger partial charge in [-0.3, -0.25) is 4.79 Å². The van der Waals surface area contributed by atoms with Gasteiger partial charge in [-0.05, 0) is 73.6 Å². The number of phenolic OH excluding ortho intramolecular Hbond substituents is 1. The van der Waals surface area contributed by atoms with Crippen LogP contribution < -0.4 is 0 Å². The molecule has 0 aromatic heterocycles. The molecular formula is C23H28FNO4. The molecule has 0 fully saturated rings. The molecule has 1 atom stereocenters. The standard InChI is InChI=1S/C23H28FNO4/c1-14-15(2)23(28)22(16(3)20(14)13-25-29)19(7-5-4-6-8-21(26)27)17-9-11-18(24)12-10-17/h9-12,19,28H,4-8,13H2,1-3H3,(H,26,27). The average Bonchev–Trinajstić information content (AvgIpc) is 2.68. The van der Waals surface area contributed by atoms with Crippen molar-refractivity contribution < 1.29 is 19.4 Å². The first-order valence-electron chi connectivity index (χ1n) is 9.85. The highest BCUT2D eigenvalue weighted by molar-refractivity contribution is 5.66. The molecule has 29 heavy (non-hydrogen) atoms. The molecule has 2 aromatic rings. The number of nitroso groups, excluding NO2 is 1. The number of benzene rings is 2. The third kappa shape index (κ3) is 5.40. The fourth-order valence-electron chi connectivity index (χ4n) is 3.93. The number of nitrogens with zero attached hydrogens (tertiary/aromatic N) is 1. The zero-order chi connectivity index (χ0) is 21.6. The van der Waals surface area contributed by atoms with Gasteiger partial charge in [0.15, 0.2) is 0 Å². The number of phenols is 1. The van der Waals surface area contributed by atoms with Crippen molar-refractivity contribution >= 4 is 5.97 Å². The van der Waals surface area contributed by atoms with Crippen LogP contribution in [0.4, 0.5) is 4.39 Å². The number of carboxylic acids is 1. The van der Waals surface area contributed by atoms with Crippen molar-refractivity contribution in [2.45, 2.75) is 65.3 Å². The number of unbranched alkanes of at least 4 members (excludes halogenated alkanes) is 2. The number of hydrogen-bond acceptors (Lipinski definition) is 4. The van der Waals surface area contributed by atoms with Gasteiger partial charge < -0.3 is 10.2 Å². The lowest BCUT2D eigenvalue weighted by atomic mass is 9.80. The van der Waals surface area contributed by atoms with Crippen LogP contribution in [0.3, 0.4) is 0 Å². The Morgan fingerprint density at radius 2 is 1.69 bits per heavy atom. The number of aromatic hydroxyl groups is 1. The monoisotopic (exact) mass is 401 g/mol. The van der Waals surface area contributed by atoms with E-state index in [0.717, 1.165) is 40.7 Å². The molecule has 5 nitrogen and oxygen atoms in total. The van der Waals surface area contributed by atoms with Crippen LogP contribution in [0.5, 0.6) is 5.75 Å². The Bertz CT molecular complexity index is 878. The van der Waals surface area contributed by atoms with E-state index in [4.69, 9.17) is 5.11 Å². The SMILES string of the molecule is Cc1c(C)c(CN=O)c(C)c(C(CCCCCC(=O)O)c2ccc(F)cc2)c1O. The fraction of sp³-hybridized carbons (Fsp3) is 0.435. The second-order valence-electron chi connectivity index (χ2n) is 7.50. The number of hydrogen-bond donors (Lipinski definition) is 2. The average molecular weight is 401 g/mol. The van der Waals surface area contributed by atoms with E-state index < -0.39 is 5.97 Å². The Morgan fingerprint density at radius 3 is 2.28 bits per heavy atom. The maximum absolute atomic E-state index is 13.5. The van der Waals surface area contributed by atoms with Gasteiger partial charge in [-0.2, -0.15) is 4.91 Å². The van der Waals surface area contributed by atoms with E-state index in [0.29, 0.717) is 18.4 Å². The lowest BCUT2D eigenvalue weighted by Gasteiger charge is -2.25. The zero-order valence-corrected chi connectivity index (χ0v) is 17.2. The first-order valence-corrected chi connectivity index (χ1v) is 9.85. The molecule has 0 saturated heterocycles. The van der Waals surface area contributed by atoms with Crippen LogP contribution in [-0.2, 0) is 11.3 Å². The number of rotatable bonds is 10. The highest BCUT2D eigenvalue weighted by Crippen LogP contribution is 2.42. The van der Waals surface area contributed by atoms with E-state index in [2.05, 4.69) is 5.18 Å². The molecule has 156 valence electrons. The predicted octanol–water partition coefficient (Wildman–Crippen LogP) is 5.89. The van der Waals surface area contributed by atoms with E-state index in [1.165, 1.54) is 12.1 Å². The van der Waals surface area contributed by atoms with Gasteiger partial charge in [0.05, 0.1) is 0 Å². The Kier molecular flexibility index (Phi) is 7.88. The van der Waals surface area contributed by atoms with Gasteiger partial charge >= 0.3 is 5.97 Å². The van der Waals surface area contributed by atoms with Crippen LogP contribution in [0, 0.1) is 31.5 Å². The van der Waals surface area contributed by atoms with Gasteiger partial charge in [-0.15, -0.1) is 0 Å². The van der Waals surface area contributed by atoms with Crippen molar-refractivity contribution in [3.8, 4) is 5.75 Å². The molecule has 0 amide bonds. The molecular weight excluding hydrogens is 373 g/mol. The van der Waals surface area contributed by atoms with Crippen LogP contribution >= 0.6 is 0 Å². The highest BCUT2D eigenvalue weighted by atomic mass is 19.1. The van der Waals surface area contributed by atoms with Crippen molar-refractivity contribution in [2.24, 2.45) is 5.18 Å². The summed E-state index contributed by atoms with van der Waals surface area (Å²) in [6, 6.07) is 6.22. The molecule has 2 N–H and O–H groups in total. The van der Waals surface area contributed by atoms with Crippen molar-refractivity contribution in [3.05, 3.63) is 68.4 Å². The molecule has 0 saturated carbocycles. The third-order valence-electron chi connectivity index (χ3n) is 5.71. The molecule has 0 bridgehead atoms. The molecule has 0 radical (unpaired) electrons. The van der Waals surface area contributed by atoms with E-state index >= 15 is 0 Å². The quantitative estimate of drug-likeness (QED) is 0.384. The smallest absolute Gasteiger partial charge is 0.303 e. The minimum atomic E-state index is -0.811. The summed E-state index contributed by atoms with van der Waals surface area (Å²) < 4.78 is 13.5. The minimum absolute atomic E-state index is 0.0283. The summed E-state index contributed by atoms with van der Waals surface area (Å²) in [7, 11) is 0. The van der Waals surface area contributed by atoms with Gasteiger partial charge in [-0.1, -0.05) is 30.2 Å². The summed E-state index contributed by atoms with van der Waals surface area (Å²) in [6.07, 6.45) is 2.91. The summed E-state index contributed by atoms with van der Waals surface area (Å²) >= 11 is 0. The Morgan fingerprint density at radius 1 is 1.03 bits per heavy atom. The summed E-state index contributed by atoms with van der Waals surface area (Å²) in [5.74, 6) is -1.14. The van der Waals surface area contributed by atoms with Gasteiger partial charge in [-0.25, -0.2) is 4.39 Å². The summed E-state index contributed by atoms with van der Waals surface area (Å²) in [5.41, 5.74) is 4.80. The van der Waals surface area contributed by atoms with Gasteiger partial charge in [0, 0.05) is 17.9 Å². The number of carboxylic acid groups (broad SMARTS) is 1. The maximum atomic E-state index is 13.5. The van der Waals surface area contributed by atoms with Gasteiger partial charge in [0.2, 0.25) is 0 Å². The summed E-state index contributed by atoms with van der Waals surface area (Å²) in [5, 5.41) is 22.8. The zero-order valence-electron chi connectivity index (χ0n) is 17.2. The first kappa shape index (κ1) is 22.5. The highest BCUT2D eigenvalue weighted by Gasteiger charge is 2.25. The predicted molar refractivity (Wildman–Crippen MR) is 111 cm³/mol. The number of aliphatic carboxylic acids is 1. The third-order valence-corrected chi connectivity index (χ3v) is 5.71. The van der Waals surface area contributed by atoms with Crippen molar-refractivity contribution in [1.82, 2.24) is 0 Å². The van der Waals surface area contributed by atoms with E-state index in [9.17, 15) is 19.2 Å². The maximum Gasteiger partial charge on any atom is 0.303 e. The lowest BCUT2D eigenvalue weighted by molar-refractivity contribution is -0.137. The molecule has 2 aromatic carbocycles. The van der Waals surface area contributed by atoms with E-state index in [1.54, 1.807) is 12.1 Å². The largest absolute Gasteiger partial charge is 0.507 e. The molecule has 0 aliphatic heterocycles. The van der Waals surface area contributed by atoms with Gasteiger partial charge in [0.1, 0.15) is 18.1 Å². The molecule has 0 aliphatic rings. The molecule has 1 unspecified atom stereocenters. The summed E-state index contributed by atoms with van der Waals surface area (Å²) in [6.45, 7) is 5.59. The molecule has 0 heterocycles. The first-order chi connectivity index (χ1) is 13.8. The molecule has 0 spiro atoms. The number of halogens is 1. The van der Waals surface area contributed by atoms with Crippen LogP contribution in [0.15, 0.2) is 29.4 Å². The van der Waals surface area contributed by atoms with Gasteiger partial charge in [0.25, 0.3) is 0 Å². The Labute approximate surface area is 170 Å². The number of carbonyl (C=O) groups is 1. The van der Waals surface area contributed by atoms with Crippen molar-refractivity contribution in [3.63, 3.8) is 0 Å². The lowest BCUT2D eigenvalue weighted by Crippen LogP contribution is -2.09. The normalized spacial score (nSPS) is 12.0. The van der Waals surface area contributed by atoms with E-state index in [-0.39, 0.29) is 30.5 Å². The second kappa shape index (κ2) is 10.1. The van der Waals surface area contributed by atoms with Crippen LogP contribution in [0.2, 0.25) is 0 Å². The second-order valence-corrected chi connectivity index (χ2v) is 7.50. The fourth-order valence-corrected chi connectivity index (χ4v) is 3.93. The molecule has 2 rings (SSSR count). The Hall–Kier alpha value is -2.76. The topological polar surface area (TPSA) is 87.0 Å². The van der Waals surface area contributed by atoms with Crippen molar-refractivity contribution in [2.75, 3.05) is 0 Å². The van der Waals surface area contributed by atoms with E-state index in [1.807, 2.05) is 20.8 Å². The summed E-state index contributed by atoms with van der Waals surface area (Å²) in [4.78, 5) is 21.7.